The summed E-state index contributed by atoms with van der Waals surface area (Å²) >= 11 is 0. The lowest BCUT2D eigenvalue weighted by Gasteiger charge is -2.08. The van der Waals surface area contributed by atoms with Crippen molar-refractivity contribution in [2.24, 2.45) is 0 Å². The Labute approximate surface area is 116 Å². The molecule has 0 radical (unpaired) electrons. The van der Waals surface area contributed by atoms with Crippen molar-refractivity contribution >= 4 is 16.6 Å². The zero-order chi connectivity index (χ0) is 13.4. The molecule has 1 aliphatic rings. The molecule has 2 N–H and O–H groups in total. The van der Waals surface area contributed by atoms with Gasteiger partial charge >= 0.3 is 0 Å². The summed E-state index contributed by atoms with van der Waals surface area (Å²) in [5.41, 5.74) is 4.74. The molecular weight excluding hydrogens is 250 g/mol. The maximum absolute atomic E-state index is 5.53. The van der Waals surface area contributed by atoms with E-state index in [1.54, 1.807) is 0 Å². The van der Waals surface area contributed by atoms with Gasteiger partial charge in [-0.2, -0.15) is 5.10 Å². The van der Waals surface area contributed by atoms with Gasteiger partial charge in [0, 0.05) is 24.0 Å². The van der Waals surface area contributed by atoms with Crippen molar-refractivity contribution in [3.63, 3.8) is 0 Å². The molecule has 20 heavy (non-hydrogen) atoms. The predicted octanol–water partition coefficient (Wildman–Crippen LogP) is 3.11. The van der Waals surface area contributed by atoms with Crippen LogP contribution in [0.3, 0.4) is 0 Å². The molecule has 0 atom stereocenters. The first-order valence-corrected chi connectivity index (χ1v) is 6.81. The van der Waals surface area contributed by atoms with Crippen LogP contribution in [0.1, 0.15) is 11.1 Å². The summed E-state index contributed by atoms with van der Waals surface area (Å²) in [5, 5.41) is 11.7. The first-order valence-electron chi connectivity index (χ1n) is 6.81. The van der Waals surface area contributed by atoms with Gasteiger partial charge in [-0.1, -0.05) is 18.2 Å². The average Bonchev–Trinajstić information content (AvgIpc) is 3.13. The molecule has 0 fully saturated rings. The molecular formula is C16H15N3O. The molecule has 100 valence electrons. The van der Waals surface area contributed by atoms with Crippen LogP contribution in [0.4, 0.5) is 5.69 Å². The Morgan fingerprint density at radius 1 is 1.25 bits per heavy atom. The van der Waals surface area contributed by atoms with Crippen molar-refractivity contribution in [2.45, 2.75) is 13.0 Å². The van der Waals surface area contributed by atoms with Crippen LogP contribution in [0.25, 0.3) is 10.9 Å². The molecule has 0 aliphatic carbocycles. The summed E-state index contributed by atoms with van der Waals surface area (Å²) < 4.78 is 5.53. The normalized spacial score (nSPS) is 13.2. The molecule has 2 heterocycles. The van der Waals surface area contributed by atoms with Gasteiger partial charge in [-0.15, -0.1) is 0 Å². The van der Waals surface area contributed by atoms with E-state index in [1.807, 2.05) is 18.3 Å². The van der Waals surface area contributed by atoms with Crippen LogP contribution in [-0.4, -0.2) is 16.8 Å². The minimum Gasteiger partial charge on any atom is -0.493 e. The number of nitrogens with zero attached hydrogens (tertiary/aromatic N) is 1. The molecule has 4 nitrogen and oxygen atoms in total. The maximum Gasteiger partial charge on any atom is 0.122 e. The SMILES string of the molecule is c1cc(NCc2ccc3c(c2)CCO3)c2cn[nH]c2c1. The molecule has 2 aromatic carbocycles. The molecule has 0 saturated heterocycles. The molecule has 0 bridgehead atoms. The van der Waals surface area contributed by atoms with Crippen molar-refractivity contribution < 1.29 is 4.74 Å². The molecule has 4 rings (SSSR count). The highest BCUT2D eigenvalue weighted by Gasteiger charge is 2.11. The maximum atomic E-state index is 5.53. The van der Waals surface area contributed by atoms with Crippen LogP contribution in [0.5, 0.6) is 5.75 Å². The third-order valence-corrected chi connectivity index (χ3v) is 3.72. The minimum atomic E-state index is 0.803. The Bertz CT molecular complexity index is 763. The number of fused-ring (bicyclic) bond motifs is 2. The Hall–Kier alpha value is -2.49. The first-order chi connectivity index (χ1) is 9.90. The second kappa shape index (κ2) is 4.56. The lowest BCUT2D eigenvalue weighted by atomic mass is 10.1. The van der Waals surface area contributed by atoms with Crippen LogP contribution in [0.2, 0.25) is 0 Å². The Morgan fingerprint density at radius 2 is 2.25 bits per heavy atom. The number of hydrogen-bond donors (Lipinski definition) is 2. The van der Waals surface area contributed by atoms with Crippen molar-refractivity contribution in [2.75, 3.05) is 11.9 Å². The molecule has 0 unspecified atom stereocenters. The third kappa shape index (κ3) is 1.90. The molecule has 4 heteroatoms. The summed E-state index contributed by atoms with van der Waals surface area (Å²) in [7, 11) is 0. The van der Waals surface area contributed by atoms with E-state index >= 15 is 0 Å². The Morgan fingerprint density at radius 3 is 3.25 bits per heavy atom. The Kier molecular flexibility index (Phi) is 2.59. The predicted molar refractivity (Wildman–Crippen MR) is 79.1 cm³/mol. The van der Waals surface area contributed by atoms with Crippen molar-refractivity contribution in [3.05, 3.63) is 53.7 Å². The summed E-state index contributed by atoms with van der Waals surface area (Å²) in [5.74, 6) is 1.03. The topological polar surface area (TPSA) is 49.9 Å². The monoisotopic (exact) mass is 265 g/mol. The zero-order valence-corrected chi connectivity index (χ0v) is 11.0. The summed E-state index contributed by atoms with van der Waals surface area (Å²) in [6.07, 6.45) is 2.87. The second-order valence-electron chi connectivity index (χ2n) is 5.03. The van der Waals surface area contributed by atoms with Gasteiger partial charge in [0.15, 0.2) is 0 Å². The number of benzene rings is 2. The van der Waals surface area contributed by atoms with Crippen LogP contribution in [0.15, 0.2) is 42.6 Å². The summed E-state index contributed by atoms with van der Waals surface area (Å²) in [6.45, 7) is 1.61. The van der Waals surface area contributed by atoms with Gasteiger partial charge in [-0.3, -0.25) is 5.10 Å². The average molecular weight is 265 g/mol. The lowest BCUT2D eigenvalue weighted by molar-refractivity contribution is 0.357. The van der Waals surface area contributed by atoms with Gasteiger partial charge in [0.1, 0.15) is 5.75 Å². The highest BCUT2D eigenvalue weighted by molar-refractivity contribution is 5.90. The zero-order valence-electron chi connectivity index (χ0n) is 11.0. The van der Waals surface area contributed by atoms with Crippen LogP contribution in [0, 0.1) is 0 Å². The number of aromatic nitrogens is 2. The molecule has 0 spiro atoms. The fourth-order valence-electron chi connectivity index (χ4n) is 2.67. The van der Waals surface area contributed by atoms with E-state index in [9.17, 15) is 0 Å². The third-order valence-electron chi connectivity index (χ3n) is 3.72. The molecule has 1 aromatic heterocycles. The van der Waals surface area contributed by atoms with E-state index in [0.717, 1.165) is 41.9 Å². The number of nitrogens with one attached hydrogen (secondary N) is 2. The van der Waals surface area contributed by atoms with Gasteiger partial charge in [-0.05, 0) is 29.3 Å². The molecule has 3 aromatic rings. The van der Waals surface area contributed by atoms with Gasteiger partial charge in [0.05, 0.1) is 18.3 Å². The van der Waals surface area contributed by atoms with E-state index in [-0.39, 0.29) is 0 Å². The van der Waals surface area contributed by atoms with Crippen LogP contribution >= 0.6 is 0 Å². The van der Waals surface area contributed by atoms with E-state index in [4.69, 9.17) is 4.74 Å². The number of hydrogen-bond acceptors (Lipinski definition) is 3. The second-order valence-corrected chi connectivity index (χ2v) is 5.03. The molecule has 1 aliphatic heterocycles. The van der Waals surface area contributed by atoms with E-state index in [2.05, 4.69) is 39.8 Å². The molecule has 0 saturated carbocycles. The fraction of sp³-hybridized carbons (Fsp3) is 0.188. The fourth-order valence-corrected chi connectivity index (χ4v) is 2.67. The largest absolute Gasteiger partial charge is 0.493 e. The highest BCUT2D eigenvalue weighted by Crippen LogP contribution is 2.27. The highest BCUT2D eigenvalue weighted by atomic mass is 16.5. The van der Waals surface area contributed by atoms with Crippen LogP contribution in [-0.2, 0) is 13.0 Å². The van der Waals surface area contributed by atoms with Crippen LogP contribution < -0.4 is 10.1 Å². The van der Waals surface area contributed by atoms with Gasteiger partial charge in [0.25, 0.3) is 0 Å². The van der Waals surface area contributed by atoms with Gasteiger partial charge in [0.2, 0.25) is 0 Å². The van der Waals surface area contributed by atoms with Crippen molar-refractivity contribution in [1.29, 1.82) is 0 Å². The van der Waals surface area contributed by atoms with Gasteiger partial charge < -0.3 is 10.1 Å². The summed E-state index contributed by atoms with van der Waals surface area (Å²) in [4.78, 5) is 0. The standard InChI is InChI=1S/C16H15N3O/c1-2-14(13-10-18-19-15(13)3-1)17-9-11-4-5-16-12(8-11)6-7-20-16/h1-5,8,10,17H,6-7,9H2,(H,18,19). The van der Waals surface area contributed by atoms with Crippen molar-refractivity contribution in [3.8, 4) is 5.75 Å². The Balaban J connectivity index is 1.57. The number of rotatable bonds is 3. The number of ether oxygens (including phenoxy) is 1. The molecule has 0 amide bonds. The quantitative estimate of drug-likeness (QED) is 0.765. The van der Waals surface area contributed by atoms with E-state index in [0.29, 0.717) is 0 Å². The number of aromatic amines is 1. The lowest BCUT2D eigenvalue weighted by Crippen LogP contribution is -2.00. The number of H-pyrrole nitrogens is 1. The van der Waals surface area contributed by atoms with Gasteiger partial charge in [-0.25, -0.2) is 0 Å². The minimum absolute atomic E-state index is 0.803. The van der Waals surface area contributed by atoms with Crippen molar-refractivity contribution in [1.82, 2.24) is 10.2 Å². The van der Waals surface area contributed by atoms with E-state index in [1.165, 1.54) is 11.1 Å². The number of anilines is 1. The van der Waals surface area contributed by atoms with E-state index < -0.39 is 0 Å². The smallest absolute Gasteiger partial charge is 0.122 e. The summed E-state index contributed by atoms with van der Waals surface area (Å²) in [6, 6.07) is 12.5. The first kappa shape index (κ1) is 11.3.